The predicted octanol–water partition coefficient (Wildman–Crippen LogP) is 14.7. The highest BCUT2D eigenvalue weighted by atomic mass is 28.4. The molecule has 2 aliphatic rings. The van der Waals surface area contributed by atoms with Crippen molar-refractivity contribution >= 4 is 42.8 Å². The molecule has 3 rings (SSSR count). The smallest absolute Gasteiger partial charge is 0.457 e. The summed E-state index contributed by atoms with van der Waals surface area (Å²) >= 11 is 0. The van der Waals surface area contributed by atoms with E-state index in [1.54, 1.807) is 0 Å². The van der Waals surface area contributed by atoms with Crippen molar-refractivity contribution in [2.45, 2.75) is 233 Å². The van der Waals surface area contributed by atoms with Gasteiger partial charge in [-0.1, -0.05) is 114 Å². The summed E-state index contributed by atoms with van der Waals surface area (Å²) in [6.07, 6.45) is 10.9. The molecule has 2 heterocycles. The third-order valence-electron chi connectivity index (χ3n) is 15.8. The summed E-state index contributed by atoms with van der Waals surface area (Å²) in [6, 6.07) is 14.6. The average Bonchev–Trinajstić information content (AvgIpc) is 4.10. The van der Waals surface area contributed by atoms with Gasteiger partial charge in [-0.25, -0.2) is 4.79 Å². The monoisotopic (exact) mass is 1000 g/mol. The van der Waals surface area contributed by atoms with E-state index in [1.807, 2.05) is 39.0 Å². The molecule has 0 spiro atoms. The second-order valence-electron chi connectivity index (χ2n) is 20.0. The molecule has 0 radical (unpaired) electrons. The van der Waals surface area contributed by atoms with E-state index in [4.69, 9.17) is 32.2 Å². The molecule has 0 aromatic heterocycles. The number of rotatable bonds is 26. The first kappa shape index (κ1) is 59.4. The average molecular weight is 1000 g/mol. The molecule has 386 valence electrons. The first-order valence-electron chi connectivity index (χ1n) is 26.3. The number of non-ortho nitro benzene ring substituents is 1. The van der Waals surface area contributed by atoms with Crippen LogP contribution in [-0.2, 0) is 32.3 Å². The Balaban J connectivity index is 1.98. The second kappa shape index (κ2) is 27.6. The molecule has 1 aromatic carbocycles. The van der Waals surface area contributed by atoms with Crippen LogP contribution in [0.1, 0.15) is 136 Å². The fourth-order valence-corrected chi connectivity index (χ4v) is 19.1. The fraction of sp³-hybridized carbons (Fsp3) is 0.736. The number of nitro benzene ring substituents is 1. The number of esters is 1. The predicted molar refractivity (Wildman–Crippen MR) is 282 cm³/mol. The zero-order valence-corrected chi connectivity index (χ0v) is 47.7. The van der Waals surface area contributed by atoms with Crippen molar-refractivity contribution in [1.29, 1.82) is 0 Å². The summed E-state index contributed by atoms with van der Waals surface area (Å²) in [5.41, 5.74) is 0.169. The normalized spacial score (nSPS) is 25.6. The number of epoxide rings is 1. The van der Waals surface area contributed by atoms with Crippen molar-refractivity contribution in [3.63, 3.8) is 0 Å². The van der Waals surface area contributed by atoms with Crippen LogP contribution in [-0.4, -0.2) is 84.2 Å². The van der Waals surface area contributed by atoms with Gasteiger partial charge in [0.2, 0.25) is 0 Å². The zero-order chi connectivity index (χ0) is 50.9. The lowest BCUT2D eigenvalue weighted by molar-refractivity contribution is -0.384. The lowest BCUT2D eigenvalue weighted by Crippen LogP contribution is -2.46. The van der Waals surface area contributed by atoms with Crippen LogP contribution < -0.4 is 4.74 Å². The number of carbonyl (C=O) groups excluding carboxylic acids is 2. The highest BCUT2D eigenvalue weighted by Crippen LogP contribution is 2.43. The topological polar surface area (TPSA) is 145 Å². The number of allylic oxidation sites excluding steroid dienone is 2. The highest BCUT2D eigenvalue weighted by molar-refractivity contribution is 6.74. The molecule has 12 nitrogen and oxygen atoms in total. The van der Waals surface area contributed by atoms with E-state index in [-0.39, 0.29) is 66.0 Å². The standard InChI is InChI=1S/C53H91NO11Si3/c1-16-46(64-67(20-5,21-6)22-7)42(14)51-48(60-51)38-53(15,65-68(23-8,24-9)25-10)36-26-27-40(12)50-41(13)29-35-47(61-52(56)59-44-33-30-43(31-34-44)54(57)58)39(11)28-32-45(37-49(55)62-50)63-66(17-2,18-3)19-4/h26-27,29-31,33-36,39,41-42,45-48,50-51H,16-25,28,32,37-38H2,1-15H3/b35-29+,36-26+,40-27+. The maximum Gasteiger partial charge on any atom is 0.514 e. The Hall–Kier alpha value is -2.93. The minimum Gasteiger partial charge on any atom is -0.457 e. The van der Waals surface area contributed by atoms with Crippen molar-refractivity contribution in [2.75, 3.05) is 0 Å². The number of nitro groups is 1. The van der Waals surface area contributed by atoms with Gasteiger partial charge in [0.05, 0.1) is 35.3 Å². The summed E-state index contributed by atoms with van der Waals surface area (Å²) in [4.78, 5) is 37.9. The van der Waals surface area contributed by atoms with E-state index in [2.05, 4.69) is 95.2 Å². The van der Waals surface area contributed by atoms with Gasteiger partial charge in [0.1, 0.15) is 18.0 Å². The molecule has 0 bridgehead atoms. The van der Waals surface area contributed by atoms with Crippen LogP contribution in [0.2, 0.25) is 54.4 Å². The lowest BCUT2D eigenvalue weighted by Gasteiger charge is -2.39. The molecule has 0 N–H and O–H groups in total. The lowest BCUT2D eigenvalue weighted by atomic mass is 9.91. The van der Waals surface area contributed by atoms with Gasteiger partial charge in [0, 0.05) is 36.5 Å². The molecule has 0 amide bonds. The van der Waals surface area contributed by atoms with Crippen LogP contribution in [0.15, 0.2) is 60.2 Å². The minimum atomic E-state index is -2.11. The summed E-state index contributed by atoms with van der Waals surface area (Å²) in [5.74, 6) is -0.333. The van der Waals surface area contributed by atoms with Gasteiger partial charge in [0.25, 0.3) is 5.69 Å². The van der Waals surface area contributed by atoms with Gasteiger partial charge in [-0.05, 0) is 117 Å². The molecular formula is C53H91NO11Si3. The number of ether oxygens (including phenoxy) is 4. The van der Waals surface area contributed by atoms with Gasteiger partial charge in [0.15, 0.2) is 25.0 Å². The van der Waals surface area contributed by atoms with Crippen molar-refractivity contribution < 1.29 is 46.7 Å². The van der Waals surface area contributed by atoms with Crippen molar-refractivity contribution in [3.8, 4) is 5.75 Å². The quantitative estimate of drug-likeness (QED) is 0.0128. The van der Waals surface area contributed by atoms with Crippen LogP contribution in [0.3, 0.4) is 0 Å². The van der Waals surface area contributed by atoms with Crippen LogP contribution in [0.25, 0.3) is 0 Å². The number of cyclic esters (lactones) is 1. The Kier molecular flexibility index (Phi) is 24.1. The van der Waals surface area contributed by atoms with Crippen LogP contribution in [0.4, 0.5) is 10.5 Å². The van der Waals surface area contributed by atoms with E-state index < -0.39 is 53.8 Å². The van der Waals surface area contributed by atoms with E-state index >= 15 is 0 Å². The highest BCUT2D eigenvalue weighted by Gasteiger charge is 2.51. The molecule has 10 atom stereocenters. The summed E-state index contributed by atoms with van der Waals surface area (Å²) in [5, 5.41) is 11.2. The molecule has 68 heavy (non-hydrogen) atoms. The van der Waals surface area contributed by atoms with Crippen LogP contribution >= 0.6 is 0 Å². The molecule has 1 aromatic rings. The van der Waals surface area contributed by atoms with Gasteiger partial charge in [-0.15, -0.1) is 0 Å². The van der Waals surface area contributed by atoms with E-state index in [0.717, 1.165) is 72.8 Å². The van der Waals surface area contributed by atoms with Gasteiger partial charge < -0.3 is 32.2 Å². The number of hydrogen-bond donors (Lipinski definition) is 0. The maximum absolute atomic E-state index is 14.0. The SMILES string of the molecule is CCC(O[Si](CC)(CC)CC)C(C)C1OC1CC(C)(/C=C/C=C(\C)C1OC(=O)CC(O[Si](CC)(CC)CC)CCC(C)C(OC(=O)Oc2ccc([N+](=O)[O-])cc2)/C=C/C1C)O[Si](CC)(CC)CC. The molecule has 15 heteroatoms. The molecular weight excluding hydrogens is 911 g/mol. The fourth-order valence-electron chi connectivity index (χ4n) is 10.1. The Morgan fingerprint density at radius 3 is 1.97 bits per heavy atom. The molecule has 1 fully saturated rings. The number of hydrogen-bond acceptors (Lipinski definition) is 11. The largest absolute Gasteiger partial charge is 0.514 e. The summed E-state index contributed by atoms with van der Waals surface area (Å²) in [7, 11) is -5.97. The summed E-state index contributed by atoms with van der Waals surface area (Å²) < 4.78 is 45.8. The van der Waals surface area contributed by atoms with E-state index in [1.165, 1.54) is 24.3 Å². The molecule has 0 aliphatic carbocycles. The molecule has 10 unspecified atom stereocenters. The summed E-state index contributed by atoms with van der Waals surface area (Å²) in [6.45, 7) is 32.9. The van der Waals surface area contributed by atoms with Crippen molar-refractivity contribution in [2.24, 2.45) is 17.8 Å². The first-order chi connectivity index (χ1) is 32.2. The Labute approximate surface area is 414 Å². The molecule has 2 aliphatic heterocycles. The molecule has 0 saturated carbocycles. The van der Waals surface area contributed by atoms with E-state index in [0.29, 0.717) is 12.8 Å². The maximum atomic E-state index is 14.0. The van der Waals surface area contributed by atoms with Gasteiger partial charge in [-0.3, -0.25) is 14.9 Å². The minimum absolute atomic E-state index is 0.0621. The van der Waals surface area contributed by atoms with Gasteiger partial charge in [-0.2, -0.15) is 0 Å². The van der Waals surface area contributed by atoms with Crippen LogP contribution in [0, 0.1) is 27.9 Å². The van der Waals surface area contributed by atoms with Gasteiger partial charge >= 0.3 is 12.1 Å². The number of benzene rings is 1. The zero-order valence-electron chi connectivity index (χ0n) is 44.7. The second-order valence-corrected chi connectivity index (χ2v) is 34.2. The third kappa shape index (κ3) is 16.9. The number of nitrogens with zero attached hydrogens (tertiary/aromatic N) is 1. The Morgan fingerprint density at radius 1 is 0.868 bits per heavy atom. The van der Waals surface area contributed by atoms with Crippen LogP contribution in [0.5, 0.6) is 5.75 Å². The Bertz CT molecular complexity index is 1790. The Morgan fingerprint density at radius 2 is 1.44 bits per heavy atom. The number of carbonyl (C=O) groups is 2. The first-order valence-corrected chi connectivity index (χ1v) is 33.9. The van der Waals surface area contributed by atoms with Crippen molar-refractivity contribution in [1.82, 2.24) is 0 Å². The third-order valence-corrected chi connectivity index (χ3v) is 29.9. The van der Waals surface area contributed by atoms with Crippen molar-refractivity contribution in [3.05, 3.63) is 70.3 Å². The van der Waals surface area contributed by atoms with E-state index in [9.17, 15) is 19.7 Å². The molecule has 1 saturated heterocycles.